The van der Waals surface area contributed by atoms with E-state index in [0.29, 0.717) is 17.9 Å². The highest BCUT2D eigenvalue weighted by Gasteiger charge is 2.39. The third-order valence-electron chi connectivity index (χ3n) is 5.77. The van der Waals surface area contributed by atoms with Gasteiger partial charge in [-0.15, -0.1) is 0 Å². The lowest BCUT2D eigenvalue weighted by molar-refractivity contribution is -0.141. The SMILES string of the molecule is Nc1nccc2cc(CNC(=O)c3cn(Cc4ccc(Cn5cncn5)cc4)nc3C(F)(F)F)ccc12. The molecule has 0 radical (unpaired) electrons. The Hall–Kier alpha value is -4.74. The summed E-state index contributed by atoms with van der Waals surface area (Å²) < 4.78 is 43.8. The van der Waals surface area contributed by atoms with Crippen LogP contribution in [0.5, 0.6) is 0 Å². The number of rotatable bonds is 7. The smallest absolute Gasteiger partial charge is 0.383 e. The topological polar surface area (TPSA) is 117 Å². The van der Waals surface area contributed by atoms with Crippen molar-refractivity contribution in [3.8, 4) is 0 Å². The number of nitrogen functional groups attached to an aromatic ring is 1. The van der Waals surface area contributed by atoms with Gasteiger partial charge in [0.15, 0.2) is 5.69 Å². The summed E-state index contributed by atoms with van der Waals surface area (Å²) in [7, 11) is 0. The molecule has 12 heteroatoms. The van der Waals surface area contributed by atoms with Gasteiger partial charge in [0, 0.05) is 24.3 Å². The molecular formula is C25H21F3N8O. The second-order valence-electron chi connectivity index (χ2n) is 8.43. The van der Waals surface area contributed by atoms with Crippen molar-refractivity contribution < 1.29 is 18.0 Å². The van der Waals surface area contributed by atoms with Gasteiger partial charge in [0.2, 0.25) is 0 Å². The largest absolute Gasteiger partial charge is 0.435 e. The minimum atomic E-state index is -4.78. The molecule has 0 atom stereocenters. The number of hydrogen-bond acceptors (Lipinski definition) is 6. The van der Waals surface area contributed by atoms with Crippen LogP contribution in [0.3, 0.4) is 0 Å². The number of fused-ring (bicyclic) bond motifs is 1. The van der Waals surface area contributed by atoms with Gasteiger partial charge in [0.25, 0.3) is 5.91 Å². The number of alkyl halides is 3. The van der Waals surface area contributed by atoms with E-state index < -0.39 is 23.3 Å². The molecule has 5 rings (SSSR count). The number of pyridine rings is 1. The van der Waals surface area contributed by atoms with Gasteiger partial charge < -0.3 is 11.1 Å². The number of amides is 1. The molecule has 0 aliphatic heterocycles. The van der Waals surface area contributed by atoms with Crippen LogP contribution in [0.1, 0.15) is 32.7 Å². The lowest BCUT2D eigenvalue weighted by Gasteiger charge is -2.08. The van der Waals surface area contributed by atoms with Crippen molar-refractivity contribution in [2.75, 3.05) is 5.73 Å². The molecule has 9 nitrogen and oxygen atoms in total. The second-order valence-corrected chi connectivity index (χ2v) is 8.43. The number of anilines is 1. The van der Waals surface area contributed by atoms with Crippen molar-refractivity contribution in [2.45, 2.75) is 25.8 Å². The molecule has 0 aliphatic rings. The maximum Gasteiger partial charge on any atom is 0.435 e. The Labute approximate surface area is 208 Å². The highest BCUT2D eigenvalue weighted by atomic mass is 19.4. The van der Waals surface area contributed by atoms with E-state index in [1.54, 1.807) is 53.6 Å². The molecule has 3 N–H and O–H groups in total. The first-order chi connectivity index (χ1) is 17.8. The van der Waals surface area contributed by atoms with Gasteiger partial charge in [-0.2, -0.15) is 23.4 Å². The number of hydrogen-bond donors (Lipinski definition) is 2. The number of nitrogens with one attached hydrogen (secondary N) is 1. The van der Waals surface area contributed by atoms with E-state index >= 15 is 0 Å². The molecule has 3 heterocycles. The standard InChI is InChI=1S/C25H21F3N8O/c26-25(27,28)22-21(24(37)32-10-18-5-6-20-19(9-18)7-8-31-23(20)29)13-35(34-22)11-16-1-3-17(4-2-16)12-36-15-30-14-33-36/h1-9,13-15H,10-12H2,(H2,29,31)(H,32,37). The third-order valence-corrected chi connectivity index (χ3v) is 5.77. The number of halogens is 3. The Bertz CT molecular complexity index is 1540. The quantitative estimate of drug-likeness (QED) is 0.348. The Morgan fingerprint density at radius 2 is 1.68 bits per heavy atom. The second kappa shape index (κ2) is 9.72. The highest BCUT2D eigenvalue weighted by Crippen LogP contribution is 2.31. The molecule has 0 unspecified atom stereocenters. The lowest BCUT2D eigenvalue weighted by Crippen LogP contribution is -2.25. The van der Waals surface area contributed by atoms with E-state index in [1.165, 1.54) is 6.33 Å². The van der Waals surface area contributed by atoms with Crippen LogP contribution in [0.15, 0.2) is 73.6 Å². The van der Waals surface area contributed by atoms with Crippen molar-refractivity contribution in [2.24, 2.45) is 0 Å². The number of benzene rings is 2. The van der Waals surface area contributed by atoms with Gasteiger partial charge in [0.1, 0.15) is 18.5 Å². The molecule has 2 aromatic carbocycles. The summed E-state index contributed by atoms with van der Waals surface area (Å²) in [6.07, 6.45) is 0.930. The van der Waals surface area contributed by atoms with Gasteiger partial charge in [-0.25, -0.2) is 14.6 Å². The lowest BCUT2D eigenvalue weighted by atomic mass is 10.1. The molecule has 0 saturated carbocycles. The van der Waals surface area contributed by atoms with E-state index in [1.807, 2.05) is 12.1 Å². The van der Waals surface area contributed by atoms with Crippen LogP contribution in [0, 0.1) is 0 Å². The Balaban J connectivity index is 1.30. The monoisotopic (exact) mass is 506 g/mol. The molecule has 0 spiro atoms. The molecule has 0 fully saturated rings. The molecule has 1 amide bonds. The predicted octanol–water partition coefficient (Wildman–Crippen LogP) is 3.65. The molecular weight excluding hydrogens is 485 g/mol. The van der Waals surface area contributed by atoms with Crippen LogP contribution in [0.2, 0.25) is 0 Å². The minimum absolute atomic E-state index is 0.0344. The van der Waals surface area contributed by atoms with E-state index in [0.717, 1.165) is 32.8 Å². The van der Waals surface area contributed by atoms with E-state index in [-0.39, 0.29) is 13.1 Å². The van der Waals surface area contributed by atoms with Gasteiger partial charge in [0.05, 0.1) is 18.7 Å². The van der Waals surface area contributed by atoms with Crippen molar-refractivity contribution in [3.63, 3.8) is 0 Å². The maximum atomic E-state index is 13.7. The van der Waals surface area contributed by atoms with Crippen LogP contribution in [-0.2, 0) is 25.8 Å². The molecule has 188 valence electrons. The average Bonchev–Trinajstić information content (AvgIpc) is 3.54. The van der Waals surface area contributed by atoms with Crippen molar-refractivity contribution in [1.29, 1.82) is 0 Å². The zero-order chi connectivity index (χ0) is 26.0. The molecule has 3 aromatic heterocycles. The van der Waals surface area contributed by atoms with Crippen LogP contribution in [0.4, 0.5) is 19.0 Å². The first-order valence-electron chi connectivity index (χ1n) is 11.2. The molecule has 5 aromatic rings. The minimum Gasteiger partial charge on any atom is -0.383 e. The third kappa shape index (κ3) is 5.42. The summed E-state index contributed by atoms with van der Waals surface area (Å²) in [6.45, 7) is 0.624. The van der Waals surface area contributed by atoms with Crippen LogP contribution < -0.4 is 11.1 Å². The zero-order valence-electron chi connectivity index (χ0n) is 19.4. The van der Waals surface area contributed by atoms with Crippen LogP contribution in [0.25, 0.3) is 10.8 Å². The van der Waals surface area contributed by atoms with Crippen LogP contribution in [-0.4, -0.2) is 35.4 Å². The Morgan fingerprint density at radius 1 is 0.973 bits per heavy atom. The number of nitrogens with two attached hydrogens (primary N) is 1. The summed E-state index contributed by atoms with van der Waals surface area (Å²) in [5.41, 5.74) is 6.48. The fourth-order valence-electron chi connectivity index (χ4n) is 3.95. The van der Waals surface area contributed by atoms with Gasteiger partial charge >= 0.3 is 6.18 Å². The fraction of sp³-hybridized carbons (Fsp3) is 0.160. The van der Waals surface area contributed by atoms with E-state index in [9.17, 15) is 18.0 Å². The molecule has 0 saturated heterocycles. The molecule has 37 heavy (non-hydrogen) atoms. The summed E-state index contributed by atoms with van der Waals surface area (Å²) >= 11 is 0. The summed E-state index contributed by atoms with van der Waals surface area (Å²) in [4.78, 5) is 20.7. The average molecular weight is 506 g/mol. The molecule has 0 bridgehead atoms. The number of nitrogens with zero attached hydrogens (tertiary/aromatic N) is 6. The Morgan fingerprint density at radius 3 is 2.35 bits per heavy atom. The fourth-order valence-corrected chi connectivity index (χ4v) is 3.95. The highest BCUT2D eigenvalue weighted by molar-refractivity contribution is 5.95. The molecule has 0 aliphatic carbocycles. The van der Waals surface area contributed by atoms with Gasteiger partial charge in [-0.05, 0) is 34.2 Å². The van der Waals surface area contributed by atoms with Gasteiger partial charge in [-0.3, -0.25) is 9.48 Å². The van der Waals surface area contributed by atoms with E-state index in [2.05, 4.69) is 25.5 Å². The number of aromatic nitrogens is 6. The van der Waals surface area contributed by atoms with Gasteiger partial charge in [-0.1, -0.05) is 36.4 Å². The summed E-state index contributed by atoms with van der Waals surface area (Å²) in [5, 5.41) is 11.8. The Kier molecular flexibility index (Phi) is 6.30. The first-order valence-corrected chi connectivity index (χ1v) is 11.2. The van der Waals surface area contributed by atoms with Crippen LogP contribution >= 0.6 is 0 Å². The first kappa shape index (κ1) is 24.0. The van der Waals surface area contributed by atoms with Crippen molar-refractivity contribution >= 4 is 22.5 Å². The summed E-state index contributed by atoms with van der Waals surface area (Å²) in [6, 6.07) is 14.4. The van der Waals surface area contributed by atoms with Crippen molar-refractivity contribution in [1.82, 2.24) is 34.8 Å². The zero-order valence-corrected chi connectivity index (χ0v) is 19.4. The summed E-state index contributed by atoms with van der Waals surface area (Å²) in [5.74, 6) is -0.490. The maximum absolute atomic E-state index is 13.7. The predicted molar refractivity (Wildman–Crippen MR) is 129 cm³/mol. The number of carbonyl (C=O) groups is 1. The normalized spacial score (nSPS) is 11.6. The van der Waals surface area contributed by atoms with E-state index in [4.69, 9.17) is 5.73 Å². The number of carbonyl (C=O) groups excluding carboxylic acids is 1. The van der Waals surface area contributed by atoms with Crippen molar-refractivity contribution in [3.05, 3.63) is 102 Å².